The van der Waals surface area contributed by atoms with Crippen LogP contribution in [0.2, 0.25) is 5.02 Å². The first kappa shape index (κ1) is 14.8. The normalized spacial score (nSPS) is 13.8. The molecular formula is C10H10BrClF3NO. The molecule has 0 aliphatic carbocycles. The highest BCUT2D eigenvalue weighted by molar-refractivity contribution is 9.10. The van der Waals surface area contributed by atoms with Gasteiger partial charge in [0.25, 0.3) is 0 Å². The molecule has 0 heterocycles. The van der Waals surface area contributed by atoms with Gasteiger partial charge in [-0.15, -0.1) is 0 Å². The summed E-state index contributed by atoms with van der Waals surface area (Å²) in [4.78, 5) is 0. The maximum atomic E-state index is 12.0. The third-order valence-electron chi connectivity index (χ3n) is 2.04. The lowest BCUT2D eigenvalue weighted by Gasteiger charge is -2.15. The summed E-state index contributed by atoms with van der Waals surface area (Å²) in [6, 6.07) is 5.08. The van der Waals surface area contributed by atoms with Gasteiger partial charge in [0.15, 0.2) is 6.10 Å². The van der Waals surface area contributed by atoms with E-state index in [0.717, 1.165) is 4.47 Å². The molecule has 7 heteroatoms. The van der Waals surface area contributed by atoms with E-state index in [0.29, 0.717) is 10.6 Å². The Morgan fingerprint density at radius 2 is 2.06 bits per heavy atom. The van der Waals surface area contributed by atoms with Crippen LogP contribution in [0.25, 0.3) is 0 Å². The Labute approximate surface area is 110 Å². The highest BCUT2D eigenvalue weighted by Gasteiger charge is 2.37. The van der Waals surface area contributed by atoms with Crippen molar-refractivity contribution in [1.29, 1.82) is 0 Å². The summed E-state index contributed by atoms with van der Waals surface area (Å²) in [5.74, 6) is 0. The molecule has 0 radical (unpaired) electrons. The Kier molecular flexibility index (Phi) is 5.24. The minimum Gasteiger partial charge on any atom is -0.382 e. The summed E-state index contributed by atoms with van der Waals surface area (Å²) in [6.45, 7) is -0.405. The Hall–Kier alpha value is -0.300. The Balaban J connectivity index is 2.49. The molecule has 0 saturated carbocycles. The molecule has 0 amide bonds. The molecule has 0 saturated heterocycles. The van der Waals surface area contributed by atoms with E-state index in [1.807, 2.05) is 0 Å². The maximum Gasteiger partial charge on any atom is 0.415 e. The van der Waals surface area contributed by atoms with E-state index < -0.39 is 18.8 Å². The number of alkyl halides is 3. The van der Waals surface area contributed by atoms with Crippen molar-refractivity contribution >= 4 is 27.5 Å². The van der Waals surface area contributed by atoms with Gasteiger partial charge in [-0.1, -0.05) is 27.5 Å². The summed E-state index contributed by atoms with van der Waals surface area (Å²) in [5.41, 5.74) is 0.662. The van der Waals surface area contributed by atoms with Crippen LogP contribution in [0.4, 0.5) is 13.2 Å². The molecule has 1 atom stereocenters. The second kappa shape index (κ2) is 6.04. The average molecular weight is 333 g/mol. The third-order valence-corrected chi connectivity index (χ3v) is 2.90. The van der Waals surface area contributed by atoms with E-state index in [1.54, 1.807) is 18.2 Å². The van der Waals surface area contributed by atoms with Gasteiger partial charge in [-0.3, -0.25) is 0 Å². The Morgan fingerprint density at radius 3 is 2.65 bits per heavy atom. The predicted octanol–water partition coefficient (Wildman–Crippen LogP) is 3.12. The molecule has 0 spiro atoms. The quantitative estimate of drug-likeness (QED) is 0.888. The molecule has 1 aromatic rings. The van der Waals surface area contributed by atoms with Crippen LogP contribution in [-0.2, 0) is 6.54 Å². The number of halogens is 5. The number of aliphatic hydroxyl groups is 1. The monoisotopic (exact) mass is 331 g/mol. The number of nitrogens with one attached hydrogen (secondary N) is 1. The zero-order valence-electron chi connectivity index (χ0n) is 8.56. The zero-order valence-corrected chi connectivity index (χ0v) is 10.9. The fourth-order valence-electron chi connectivity index (χ4n) is 1.14. The third kappa shape index (κ3) is 4.83. The lowest BCUT2D eigenvalue weighted by atomic mass is 10.2. The maximum absolute atomic E-state index is 12.0. The van der Waals surface area contributed by atoms with E-state index in [2.05, 4.69) is 21.2 Å². The van der Waals surface area contributed by atoms with Gasteiger partial charge in [0.1, 0.15) is 0 Å². The topological polar surface area (TPSA) is 32.3 Å². The van der Waals surface area contributed by atoms with Crippen LogP contribution in [0.5, 0.6) is 0 Å². The van der Waals surface area contributed by atoms with Gasteiger partial charge in [-0.05, 0) is 23.8 Å². The van der Waals surface area contributed by atoms with E-state index in [9.17, 15) is 13.2 Å². The SMILES string of the molecule is OC(CNCc1cc(Br)ccc1Cl)C(F)(F)F. The van der Waals surface area contributed by atoms with Gasteiger partial charge in [0, 0.05) is 22.6 Å². The number of hydrogen-bond donors (Lipinski definition) is 2. The van der Waals surface area contributed by atoms with E-state index >= 15 is 0 Å². The first-order chi connectivity index (χ1) is 7.80. The molecule has 0 bridgehead atoms. The number of hydrogen-bond acceptors (Lipinski definition) is 2. The smallest absolute Gasteiger partial charge is 0.382 e. The molecule has 2 N–H and O–H groups in total. The first-order valence-corrected chi connectivity index (χ1v) is 5.87. The average Bonchev–Trinajstić information content (AvgIpc) is 2.21. The van der Waals surface area contributed by atoms with Crippen LogP contribution in [0.3, 0.4) is 0 Å². The summed E-state index contributed by atoms with van der Waals surface area (Å²) in [6.07, 6.45) is -6.97. The van der Waals surface area contributed by atoms with E-state index in [-0.39, 0.29) is 6.54 Å². The summed E-state index contributed by atoms with van der Waals surface area (Å²) in [7, 11) is 0. The largest absolute Gasteiger partial charge is 0.415 e. The summed E-state index contributed by atoms with van der Waals surface area (Å²) in [5, 5.41) is 11.7. The van der Waals surface area contributed by atoms with Crippen LogP contribution in [0, 0.1) is 0 Å². The minimum absolute atomic E-state index is 0.158. The van der Waals surface area contributed by atoms with Crippen molar-refractivity contribution in [2.75, 3.05) is 6.54 Å². The second-order valence-electron chi connectivity index (χ2n) is 3.42. The summed E-state index contributed by atoms with van der Waals surface area (Å²) < 4.78 is 36.8. The predicted molar refractivity (Wildman–Crippen MR) is 62.9 cm³/mol. The fraction of sp³-hybridized carbons (Fsp3) is 0.400. The molecule has 2 nitrogen and oxygen atoms in total. The van der Waals surface area contributed by atoms with Crippen LogP contribution in [0.15, 0.2) is 22.7 Å². The number of aliphatic hydroxyl groups excluding tert-OH is 1. The van der Waals surface area contributed by atoms with Gasteiger partial charge in [0.2, 0.25) is 0 Å². The summed E-state index contributed by atoms with van der Waals surface area (Å²) >= 11 is 9.09. The molecule has 1 aromatic carbocycles. The molecule has 1 rings (SSSR count). The van der Waals surface area contributed by atoms with Gasteiger partial charge >= 0.3 is 6.18 Å². The molecular weight excluding hydrogens is 322 g/mol. The van der Waals surface area contributed by atoms with Crippen molar-refractivity contribution < 1.29 is 18.3 Å². The van der Waals surface area contributed by atoms with E-state index in [4.69, 9.17) is 16.7 Å². The Morgan fingerprint density at radius 1 is 1.41 bits per heavy atom. The van der Waals surface area contributed by atoms with Crippen molar-refractivity contribution in [1.82, 2.24) is 5.32 Å². The second-order valence-corrected chi connectivity index (χ2v) is 4.75. The van der Waals surface area contributed by atoms with Crippen molar-refractivity contribution in [3.63, 3.8) is 0 Å². The van der Waals surface area contributed by atoms with Crippen molar-refractivity contribution in [3.8, 4) is 0 Å². The zero-order chi connectivity index (χ0) is 13.1. The lowest BCUT2D eigenvalue weighted by molar-refractivity contribution is -0.201. The molecule has 0 aliphatic rings. The molecule has 17 heavy (non-hydrogen) atoms. The van der Waals surface area contributed by atoms with E-state index in [1.165, 1.54) is 0 Å². The van der Waals surface area contributed by atoms with Crippen LogP contribution >= 0.6 is 27.5 Å². The Bertz CT molecular complexity index is 386. The van der Waals surface area contributed by atoms with Gasteiger partial charge in [-0.2, -0.15) is 13.2 Å². The molecule has 0 aromatic heterocycles. The molecule has 0 fully saturated rings. The van der Waals surface area contributed by atoms with Gasteiger partial charge in [-0.25, -0.2) is 0 Å². The van der Waals surface area contributed by atoms with Crippen LogP contribution < -0.4 is 5.32 Å². The van der Waals surface area contributed by atoms with Crippen LogP contribution in [-0.4, -0.2) is 23.9 Å². The fourth-order valence-corrected chi connectivity index (χ4v) is 1.73. The standard InChI is InChI=1S/C10H10BrClF3NO/c11-7-1-2-8(12)6(3-7)4-16-5-9(17)10(13,14)15/h1-3,9,16-17H,4-5H2. The molecule has 0 aliphatic heterocycles. The number of rotatable bonds is 4. The van der Waals surface area contributed by atoms with Gasteiger partial charge in [0.05, 0.1) is 0 Å². The van der Waals surface area contributed by atoms with Crippen molar-refractivity contribution in [2.24, 2.45) is 0 Å². The molecule has 96 valence electrons. The first-order valence-electron chi connectivity index (χ1n) is 4.70. The minimum atomic E-state index is -4.60. The number of benzene rings is 1. The lowest BCUT2D eigenvalue weighted by Crippen LogP contribution is -2.38. The van der Waals surface area contributed by atoms with Crippen LogP contribution in [0.1, 0.15) is 5.56 Å². The van der Waals surface area contributed by atoms with Crippen molar-refractivity contribution in [2.45, 2.75) is 18.8 Å². The van der Waals surface area contributed by atoms with Crippen molar-refractivity contribution in [3.05, 3.63) is 33.3 Å². The highest BCUT2D eigenvalue weighted by atomic mass is 79.9. The molecule has 1 unspecified atom stereocenters. The highest BCUT2D eigenvalue weighted by Crippen LogP contribution is 2.22. The van der Waals surface area contributed by atoms with Gasteiger partial charge < -0.3 is 10.4 Å².